The lowest BCUT2D eigenvalue weighted by atomic mass is 10.1. The third-order valence-corrected chi connectivity index (χ3v) is 5.20. The Hall–Kier alpha value is -2.65. The molecule has 1 fully saturated rings. The molecule has 2 heterocycles. The Bertz CT molecular complexity index is 1190. The Labute approximate surface area is 172 Å². The van der Waals surface area contributed by atoms with Crippen LogP contribution in [0.4, 0.5) is 11.4 Å². The molecular formula is C15H19N4O11P. The summed E-state index contributed by atoms with van der Waals surface area (Å²) < 4.78 is 21.4. The van der Waals surface area contributed by atoms with E-state index in [9.17, 15) is 34.5 Å². The van der Waals surface area contributed by atoms with Gasteiger partial charge in [0.05, 0.1) is 22.4 Å². The molecule has 0 amide bonds. The predicted molar refractivity (Wildman–Crippen MR) is 104 cm³/mol. The van der Waals surface area contributed by atoms with Gasteiger partial charge in [0.15, 0.2) is 6.23 Å². The van der Waals surface area contributed by atoms with Crippen LogP contribution in [0.1, 0.15) is 6.23 Å². The molecule has 1 aliphatic heterocycles. The monoisotopic (exact) mass is 462 g/mol. The van der Waals surface area contributed by atoms with Gasteiger partial charge in [-0.05, 0) is 6.07 Å². The maximum Gasteiger partial charge on any atom is 0.469 e. The summed E-state index contributed by atoms with van der Waals surface area (Å²) >= 11 is 0. The number of nitro groups is 1. The SMILES string of the molecule is CN(C)c1cc2c(cc1[N+](=O)[O-])c(=O)[nH]c(=O)n2[C@@H]1O[C@H](COP(=O)(O)O)[C@@H](O)[C@H]1O. The first-order valence-electron chi connectivity index (χ1n) is 8.68. The molecule has 0 aliphatic carbocycles. The van der Waals surface area contributed by atoms with Gasteiger partial charge in [-0.15, -0.1) is 0 Å². The minimum Gasteiger partial charge on any atom is -0.387 e. The van der Waals surface area contributed by atoms with E-state index < -0.39 is 60.8 Å². The first-order chi connectivity index (χ1) is 14.3. The van der Waals surface area contributed by atoms with Gasteiger partial charge in [-0.25, -0.2) is 9.36 Å². The summed E-state index contributed by atoms with van der Waals surface area (Å²) in [6, 6.07) is 2.15. The van der Waals surface area contributed by atoms with Crippen LogP contribution in [-0.2, 0) is 13.8 Å². The van der Waals surface area contributed by atoms with E-state index in [0.29, 0.717) is 0 Å². The van der Waals surface area contributed by atoms with Gasteiger partial charge >= 0.3 is 13.5 Å². The van der Waals surface area contributed by atoms with Crippen LogP contribution >= 0.6 is 7.82 Å². The second-order valence-electron chi connectivity index (χ2n) is 6.97. The third kappa shape index (κ3) is 4.38. The number of aliphatic hydroxyl groups excluding tert-OH is 2. The second kappa shape index (κ2) is 8.12. The highest BCUT2D eigenvalue weighted by Crippen LogP contribution is 2.39. The lowest BCUT2D eigenvalue weighted by Gasteiger charge is -2.21. The average Bonchev–Trinajstić information content (AvgIpc) is 2.93. The van der Waals surface area contributed by atoms with Crippen LogP contribution in [0.25, 0.3) is 10.9 Å². The number of H-pyrrole nitrogens is 1. The number of ether oxygens (including phenoxy) is 1. The van der Waals surface area contributed by atoms with Crippen LogP contribution in [0.5, 0.6) is 0 Å². The number of phosphoric ester groups is 1. The molecular weight excluding hydrogens is 443 g/mol. The number of benzene rings is 1. The molecule has 3 rings (SSSR count). The van der Waals surface area contributed by atoms with Crippen molar-refractivity contribution >= 4 is 30.1 Å². The number of phosphoric acid groups is 1. The minimum absolute atomic E-state index is 0.0469. The van der Waals surface area contributed by atoms with Gasteiger partial charge in [0, 0.05) is 20.2 Å². The summed E-state index contributed by atoms with van der Waals surface area (Å²) in [5, 5.41) is 31.7. The molecule has 0 saturated carbocycles. The first kappa shape index (κ1) is 23.0. The minimum atomic E-state index is -4.90. The molecule has 0 unspecified atom stereocenters. The van der Waals surface area contributed by atoms with E-state index >= 15 is 0 Å². The fourth-order valence-corrected chi connectivity index (χ4v) is 3.63. The van der Waals surface area contributed by atoms with Crippen LogP contribution in [-0.4, -0.2) is 73.5 Å². The molecule has 4 atom stereocenters. The zero-order valence-electron chi connectivity index (χ0n) is 16.1. The van der Waals surface area contributed by atoms with Crippen molar-refractivity contribution in [1.29, 1.82) is 0 Å². The summed E-state index contributed by atoms with van der Waals surface area (Å²) in [6.45, 7) is -0.802. The number of nitrogens with one attached hydrogen (secondary N) is 1. The van der Waals surface area contributed by atoms with Crippen molar-refractivity contribution in [2.75, 3.05) is 25.6 Å². The highest BCUT2D eigenvalue weighted by atomic mass is 31.2. The summed E-state index contributed by atoms with van der Waals surface area (Å²) in [7, 11) is -1.89. The van der Waals surface area contributed by atoms with E-state index in [-0.39, 0.29) is 16.6 Å². The van der Waals surface area contributed by atoms with Gasteiger partial charge in [-0.2, -0.15) is 0 Å². The number of rotatable bonds is 6. The van der Waals surface area contributed by atoms with Crippen LogP contribution < -0.4 is 16.1 Å². The van der Waals surface area contributed by atoms with Crippen LogP contribution in [0.15, 0.2) is 21.7 Å². The fraction of sp³-hybridized carbons (Fsp3) is 0.467. The van der Waals surface area contributed by atoms with Crippen molar-refractivity contribution < 1.29 is 38.7 Å². The zero-order valence-corrected chi connectivity index (χ0v) is 17.0. The molecule has 5 N–H and O–H groups in total. The van der Waals surface area contributed by atoms with Gasteiger partial charge in [0.2, 0.25) is 0 Å². The number of aromatic nitrogens is 2. The molecule has 1 aromatic carbocycles. The van der Waals surface area contributed by atoms with Gasteiger partial charge in [0.25, 0.3) is 11.2 Å². The zero-order chi connectivity index (χ0) is 23.2. The van der Waals surface area contributed by atoms with Crippen molar-refractivity contribution in [3.05, 3.63) is 43.1 Å². The lowest BCUT2D eigenvalue weighted by molar-refractivity contribution is -0.384. The molecule has 1 aliphatic rings. The summed E-state index contributed by atoms with van der Waals surface area (Å²) in [5.41, 5.74) is -2.45. The number of anilines is 1. The third-order valence-electron chi connectivity index (χ3n) is 4.71. The van der Waals surface area contributed by atoms with E-state index in [1.54, 1.807) is 0 Å². The number of fused-ring (bicyclic) bond motifs is 1. The van der Waals surface area contributed by atoms with Crippen molar-refractivity contribution in [1.82, 2.24) is 9.55 Å². The molecule has 170 valence electrons. The molecule has 0 spiro atoms. The summed E-state index contributed by atoms with van der Waals surface area (Å²) in [6.07, 6.45) is -6.47. The van der Waals surface area contributed by atoms with Gasteiger partial charge < -0.3 is 29.6 Å². The van der Waals surface area contributed by atoms with Crippen LogP contribution in [0.2, 0.25) is 0 Å². The van der Waals surface area contributed by atoms with Crippen molar-refractivity contribution in [2.24, 2.45) is 0 Å². The van der Waals surface area contributed by atoms with Gasteiger partial charge in [0.1, 0.15) is 24.0 Å². The summed E-state index contributed by atoms with van der Waals surface area (Å²) in [5.74, 6) is 0. The Balaban J connectivity index is 2.17. The highest BCUT2D eigenvalue weighted by Gasteiger charge is 2.45. The van der Waals surface area contributed by atoms with E-state index in [1.807, 2.05) is 4.98 Å². The molecule has 16 heteroatoms. The Morgan fingerprint density at radius 1 is 1.29 bits per heavy atom. The van der Waals surface area contributed by atoms with Gasteiger partial charge in [-0.3, -0.25) is 29.0 Å². The molecule has 0 radical (unpaired) electrons. The van der Waals surface area contributed by atoms with Crippen LogP contribution in [0, 0.1) is 10.1 Å². The molecule has 1 aromatic heterocycles. The van der Waals surface area contributed by atoms with Crippen molar-refractivity contribution in [3.63, 3.8) is 0 Å². The van der Waals surface area contributed by atoms with E-state index in [4.69, 9.17) is 14.5 Å². The largest absolute Gasteiger partial charge is 0.469 e. The first-order valence-corrected chi connectivity index (χ1v) is 10.2. The number of nitro benzene ring substituents is 1. The second-order valence-corrected chi connectivity index (χ2v) is 8.21. The highest BCUT2D eigenvalue weighted by molar-refractivity contribution is 7.46. The summed E-state index contributed by atoms with van der Waals surface area (Å²) in [4.78, 5) is 56.5. The number of hydrogen-bond donors (Lipinski definition) is 5. The molecule has 0 bridgehead atoms. The van der Waals surface area contributed by atoms with E-state index in [0.717, 1.165) is 10.6 Å². The Morgan fingerprint density at radius 2 is 1.94 bits per heavy atom. The molecule has 31 heavy (non-hydrogen) atoms. The normalized spacial score (nSPS) is 23.9. The van der Waals surface area contributed by atoms with Crippen LogP contribution in [0.3, 0.4) is 0 Å². The van der Waals surface area contributed by atoms with E-state index in [1.165, 1.54) is 25.1 Å². The number of hydrogen-bond acceptors (Lipinski definition) is 10. The lowest BCUT2D eigenvalue weighted by Crippen LogP contribution is -2.38. The van der Waals surface area contributed by atoms with Gasteiger partial charge in [-0.1, -0.05) is 0 Å². The topological polar surface area (TPSA) is 218 Å². The quantitative estimate of drug-likeness (QED) is 0.186. The van der Waals surface area contributed by atoms with Crippen molar-refractivity contribution in [3.8, 4) is 0 Å². The Morgan fingerprint density at radius 3 is 2.48 bits per heavy atom. The number of nitrogens with zero attached hydrogens (tertiary/aromatic N) is 3. The number of aromatic amines is 1. The maximum absolute atomic E-state index is 12.5. The maximum atomic E-state index is 12.5. The van der Waals surface area contributed by atoms with E-state index in [2.05, 4.69) is 4.52 Å². The smallest absolute Gasteiger partial charge is 0.387 e. The standard InChI is InChI=1S/C15H19N4O11P/c1-17(2)8-4-7-6(3-9(8)19(24)25)13(22)16-15(23)18(7)14-12(21)11(20)10(30-14)5-29-31(26,27)28/h3-4,10-12,14,20-21H,5H2,1-2H3,(H,16,22,23)(H2,26,27,28)/t10-,11-,12-,14-/m1/s1. The molecule has 1 saturated heterocycles. The average molecular weight is 462 g/mol. The fourth-order valence-electron chi connectivity index (χ4n) is 3.29. The van der Waals surface area contributed by atoms with Crippen molar-refractivity contribution in [2.45, 2.75) is 24.5 Å². The number of aliphatic hydroxyl groups is 2. The Kier molecular flexibility index (Phi) is 6.03. The molecule has 2 aromatic rings. The molecule has 15 nitrogen and oxygen atoms in total. The predicted octanol–water partition coefficient (Wildman–Crippen LogP) is -1.61.